The average Bonchev–Trinajstić information content (AvgIpc) is 3.13. The van der Waals surface area contributed by atoms with Crippen LogP contribution in [0.15, 0.2) is 47.4 Å². The lowest BCUT2D eigenvalue weighted by Gasteiger charge is -2.36. The summed E-state index contributed by atoms with van der Waals surface area (Å²) >= 11 is 12.1. The zero-order chi connectivity index (χ0) is 24.2. The van der Waals surface area contributed by atoms with Gasteiger partial charge < -0.3 is 4.90 Å². The average molecular weight is 449 g/mol. The Hall–Kier alpha value is -1.73. The summed E-state index contributed by atoms with van der Waals surface area (Å²) in [4.78, 5) is 15.9. The topological polar surface area (TPSA) is 45.8 Å². The van der Waals surface area contributed by atoms with Gasteiger partial charge in [-0.15, -0.1) is 17.5 Å². The standard InChI is InChI=1S/C19H21Cl2N5O.ClH/c20-16-6-5-15(14-17(16)21)24-12-10-23(11-13-24)7-3-9-26-19(27)25-8-2-1-4-18(25)22-26;/h1-2,4-6,8,14H,3,7,9-13H2;1H/i3D2,7D2,9D2;. The Balaban J connectivity index is 0.00000324. The number of anilines is 1. The number of fused-ring (bicyclic) bond motifs is 1. The summed E-state index contributed by atoms with van der Waals surface area (Å²) in [6.07, 6.45) is -1.72. The van der Waals surface area contributed by atoms with Gasteiger partial charge in [0, 0.05) is 56.5 Å². The van der Waals surface area contributed by atoms with Crippen LogP contribution < -0.4 is 10.6 Å². The smallest absolute Gasteiger partial charge is 0.350 e. The molecule has 0 N–H and O–H groups in total. The van der Waals surface area contributed by atoms with Crippen molar-refractivity contribution in [3.8, 4) is 0 Å². The minimum Gasteiger partial charge on any atom is -0.369 e. The SMILES string of the molecule is Cl.[2H]C([2H])(N1CCN(c2ccc(Cl)c(Cl)c2)CC1)C([2H])([2H])C([2H])([2H])n1nc2ccccn2c1=O. The molecule has 0 amide bonds. The molecular formula is C19H22Cl3N5O. The number of halogens is 3. The molecule has 1 aromatic carbocycles. The zero-order valence-electron chi connectivity index (χ0n) is 20.7. The van der Waals surface area contributed by atoms with Crippen LogP contribution >= 0.6 is 35.6 Å². The number of nitrogens with zero attached hydrogens (tertiary/aromatic N) is 5. The Morgan fingerprint density at radius 1 is 1.04 bits per heavy atom. The van der Waals surface area contributed by atoms with E-state index in [0.717, 1.165) is 10.1 Å². The van der Waals surface area contributed by atoms with E-state index in [0.29, 0.717) is 27.8 Å². The van der Waals surface area contributed by atoms with Gasteiger partial charge in [0.15, 0.2) is 5.65 Å². The van der Waals surface area contributed by atoms with Gasteiger partial charge in [-0.05, 0) is 36.7 Å². The third-order valence-corrected chi connectivity index (χ3v) is 5.09. The Morgan fingerprint density at radius 2 is 1.82 bits per heavy atom. The summed E-state index contributed by atoms with van der Waals surface area (Å²) in [5.41, 5.74) is 0.0527. The van der Waals surface area contributed by atoms with E-state index >= 15 is 0 Å². The van der Waals surface area contributed by atoms with Crippen LogP contribution in [0.5, 0.6) is 0 Å². The van der Waals surface area contributed by atoms with Gasteiger partial charge in [-0.1, -0.05) is 29.3 Å². The van der Waals surface area contributed by atoms with E-state index in [9.17, 15) is 4.79 Å². The van der Waals surface area contributed by atoms with Crippen LogP contribution in [-0.2, 0) is 6.50 Å². The molecule has 1 fully saturated rings. The van der Waals surface area contributed by atoms with Gasteiger partial charge in [-0.3, -0.25) is 9.30 Å². The predicted molar refractivity (Wildman–Crippen MR) is 116 cm³/mol. The molecular weight excluding hydrogens is 421 g/mol. The molecule has 2 aromatic heterocycles. The molecule has 150 valence electrons. The van der Waals surface area contributed by atoms with Crippen molar-refractivity contribution in [2.75, 3.05) is 37.6 Å². The molecule has 1 aliphatic heterocycles. The number of aromatic nitrogens is 3. The minimum atomic E-state index is -3.12. The van der Waals surface area contributed by atoms with E-state index in [1.807, 2.05) is 4.90 Å². The van der Waals surface area contributed by atoms with E-state index in [4.69, 9.17) is 31.4 Å². The highest BCUT2D eigenvalue weighted by molar-refractivity contribution is 6.42. The second-order valence-electron chi connectivity index (χ2n) is 6.04. The Labute approximate surface area is 188 Å². The summed E-state index contributed by atoms with van der Waals surface area (Å²) in [5, 5.41) is 4.73. The third-order valence-electron chi connectivity index (χ3n) is 4.35. The van der Waals surface area contributed by atoms with Gasteiger partial charge in [-0.2, -0.15) is 0 Å². The second kappa shape index (κ2) is 9.18. The number of benzene rings is 1. The lowest BCUT2D eigenvalue weighted by molar-refractivity contribution is 0.248. The van der Waals surface area contributed by atoms with E-state index in [-0.39, 0.29) is 31.1 Å². The van der Waals surface area contributed by atoms with Crippen molar-refractivity contribution in [3.05, 3.63) is 63.1 Å². The highest BCUT2D eigenvalue weighted by Gasteiger charge is 2.17. The zero-order valence-corrected chi connectivity index (χ0v) is 17.0. The fraction of sp³-hybridized carbons (Fsp3) is 0.368. The molecule has 0 atom stereocenters. The summed E-state index contributed by atoms with van der Waals surface area (Å²) in [6.45, 7) is -4.82. The first kappa shape index (κ1) is 14.3. The van der Waals surface area contributed by atoms with E-state index in [1.54, 1.807) is 30.3 Å². The Morgan fingerprint density at radius 3 is 2.54 bits per heavy atom. The van der Waals surface area contributed by atoms with Crippen LogP contribution in [0, 0.1) is 0 Å². The maximum absolute atomic E-state index is 12.7. The second-order valence-corrected chi connectivity index (χ2v) is 6.86. The predicted octanol–water partition coefficient (Wildman–Crippen LogP) is 3.44. The molecule has 0 bridgehead atoms. The molecule has 0 spiro atoms. The van der Waals surface area contributed by atoms with Crippen molar-refractivity contribution in [2.24, 2.45) is 0 Å². The molecule has 6 nitrogen and oxygen atoms in total. The first-order valence-electron chi connectivity index (χ1n) is 11.4. The van der Waals surface area contributed by atoms with Crippen LogP contribution in [-0.4, -0.2) is 51.8 Å². The molecule has 0 saturated carbocycles. The summed E-state index contributed by atoms with van der Waals surface area (Å²) in [6, 6.07) is 9.85. The number of hydrogen-bond acceptors (Lipinski definition) is 4. The van der Waals surface area contributed by atoms with Crippen LogP contribution in [0.3, 0.4) is 0 Å². The number of rotatable bonds is 5. The molecule has 0 unspecified atom stereocenters. The normalized spacial score (nSPS) is 19.7. The van der Waals surface area contributed by atoms with Crippen molar-refractivity contribution >= 4 is 46.9 Å². The van der Waals surface area contributed by atoms with E-state index in [2.05, 4.69) is 5.10 Å². The molecule has 1 saturated heterocycles. The van der Waals surface area contributed by atoms with Crippen LogP contribution in [0.25, 0.3) is 5.65 Å². The molecule has 3 heterocycles. The first-order valence-corrected chi connectivity index (χ1v) is 9.15. The highest BCUT2D eigenvalue weighted by Crippen LogP contribution is 2.27. The Bertz CT molecular complexity index is 1240. The molecule has 4 rings (SSSR count). The van der Waals surface area contributed by atoms with Crippen LogP contribution in [0.1, 0.15) is 14.6 Å². The first-order chi connectivity index (χ1) is 15.4. The molecule has 0 aliphatic carbocycles. The monoisotopic (exact) mass is 447 g/mol. The van der Waals surface area contributed by atoms with E-state index < -0.39 is 25.1 Å². The van der Waals surface area contributed by atoms with Gasteiger partial charge in [0.1, 0.15) is 0 Å². The lowest BCUT2D eigenvalue weighted by atomic mass is 10.2. The highest BCUT2D eigenvalue weighted by atomic mass is 35.5. The number of aryl methyl sites for hydroxylation is 1. The number of pyridine rings is 1. The third kappa shape index (κ3) is 4.46. The minimum absolute atomic E-state index is 0. The maximum atomic E-state index is 12.7. The van der Waals surface area contributed by atoms with E-state index in [1.165, 1.54) is 17.2 Å². The van der Waals surface area contributed by atoms with Crippen LogP contribution in [0.4, 0.5) is 5.69 Å². The quantitative estimate of drug-likeness (QED) is 0.600. The summed E-state index contributed by atoms with van der Waals surface area (Å²) in [5.74, 6) is 0. The summed E-state index contributed by atoms with van der Waals surface area (Å²) in [7, 11) is 0. The van der Waals surface area contributed by atoms with Gasteiger partial charge >= 0.3 is 5.69 Å². The summed E-state index contributed by atoms with van der Waals surface area (Å²) < 4.78 is 52.3. The largest absolute Gasteiger partial charge is 0.369 e. The maximum Gasteiger partial charge on any atom is 0.350 e. The Kier molecular flexibility index (Phi) is 4.68. The van der Waals surface area contributed by atoms with Crippen LogP contribution in [0.2, 0.25) is 10.0 Å². The molecule has 28 heavy (non-hydrogen) atoms. The van der Waals surface area contributed by atoms with Crippen molar-refractivity contribution in [1.82, 2.24) is 19.1 Å². The molecule has 9 heteroatoms. The van der Waals surface area contributed by atoms with Gasteiger partial charge in [0.05, 0.1) is 12.8 Å². The van der Waals surface area contributed by atoms with Gasteiger partial charge in [0.25, 0.3) is 0 Å². The van der Waals surface area contributed by atoms with Crippen molar-refractivity contribution < 1.29 is 8.22 Å². The number of piperazine rings is 1. The van der Waals surface area contributed by atoms with Gasteiger partial charge in [-0.25, -0.2) is 9.48 Å². The fourth-order valence-corrected chi connectivity index (χ4v) is 3.20. The fourth-order valence-electron chi connectivity index (χ4n) is 2.91. The van der Waals surface area contributed by atoms with Crippen molar-refractivity contribution in [2.45, 2.75) is 12.9 Å². The molecule has 3 aromatic rings. The van der Waals surface area contributed by atoms with Gasteiger partial charge in [0.2, 0.25) is 0 Å². The number of hydrogen-bond donors (Lipinski definition) is 0. The lowest BCUT2D eigenvalue weighted by Crippen LogP contribution is -2.46. The molecule has 0 radical (unpaired) electrons. The van der Waals surface area contributed by atoms with Crippen molar-refractivity contribution in [3.63, 3.8) is 0 Å². The van der Waals surface area contributed by atoms with Crippen molar-refractivity contribution in [1.29, 1.82) is 0 Å². The molecule has 1 aliphatic rings.